The molecule has 0 aromatic heterocycles. The fraction of sp³-hybridized carbons (Fsp3) is 0.133. The van der Waals surface area contributed by atoms with E-state index in [9.17, 15) is 4.79 Å². The molecular weight excluding hydrogens is 278 g/mol. The van der Waals surface area contributed by atoms with Crippen molar-refractivity contribution >= 4 is 23.1 Å². The number of nitrogen functional groups attached to an aromatic ring is 1. The van der Waals surface area contributed by atoms with Crippen LogP contribution in [-0.4, -0.2) is 20.0 Å². The molecule has 20 heavy (non-hydrogen) atoms. The number of carbonyl (C=O) groups is 1. The van der Waals surface area contributed by atoms with Gasteiger partial charge in [0.1, 0.15) is 11.5 Å². The van der Waals surface area contributed by atoms with Crippen LogP contribution in [0.25, 0.3) is 0 Å². The summed E-state index contributed by atoms with van der Waals surface area (Å²) in [6.07, 6.45) is 0. The van der Waals surface area contributed by atoms with E-state index in [-0.39, 0.29) is 5.78 Å². The van der Waals surface area contributed by atoms with E-state index >= 15 is 0 Å². The molecule has 0 aliphatic rings. The van der Waals surface area contributed by atoms with Gasteiger partial charge in [0.15, 0.2) is 5.78 Å². The number of hydrogen-bond donors (Lipinski definition) is 1. The number of carbonyl (C=O) groups excluding carboxylic acids is 1. The lowest BCUT2D eigenvalue weighted by Crippen LogP contribution is -2.05. The Hall–Kier alpha value is -2.20. The number of methoxy groups -OCH3 is 2. The van der Waals surface area contributed by atoms with Gasteiger partial charge in [-0.15, -0.1) is 0 Å². The molecule has 0 atom stereocenters. The SMILES string of the molecule is COc1ccc(OC)c(C(=O)c2ccc(N)c(Cl)c2)c1. The lowest BCUT2D eigenvalue weighted by atomic mass is 10.0. The van der Waals surface area contributed by atoms with Crippen LogP contribution in [0.3, 0.4) is 0 Å². The van der Waals surface area contributed by atoms with Crippen LogP contribution in [0.2, 0.25) is 5.02 Å². The number of benzene rings is 2. The molecule has 0 unspecified atom stereocenters. The van der Waals surface area contributed by atoms with Gasteiger partial charge in [0.25, 0.3) is 0 Å². The zero-order chi connectivity index (χ0) is 14.7. The molecule has 0 heterocycles. The molecule has 2 rings (SSSR count). The first-order chi connectivity index (χ1) is 9.56. The standard InChI is InChI=1S/C15H14ClNO3/c1-19-10-4-6-14(20-2)11(8-10)15(18)9-3-5-13(17)12(16)7-9/h3-8H,17H2,1-2H3. The molecule has 2 aromatic rings. The quantitative estimate of drug-likeness (QED) is 0.694. The van der Waals surface area contributed by atoms with Gasteiger partial charge >= 0.3 is 0 Å². The van der Waals surface area contributed by atoms with Crippen molar-refractivity contribution in [3.8, 4) is 11.5 Å². The lowest BCUT2D eigenvalue weighted by molar-refractivity contribution is 0.103. The van der Waals surface area contributed by atoms with Gasteiger partial charge in [-0.1, -0.05) is 11.6 Å². The molecule has 0 fully saturated rings. The van der Waals surface area contributed by atoms with E-state index < -0.39 is 0 Å². The first-order valence-corrected chi connectivity index (χ1v) is 6.26. The van der Waals surface area contributed by atoms with Crippen molar-refractivity contribution in [2.24, 2.45) is 0 Å². The molecule has 2 N–H and O–H groups in total. The van der Waals surface area contributed by atoms with Crippen molar-refractivity contribution in [1.82, 2.24) is 0 Å². The number of halogens is 1. The number of hydrogen-bond acceptors (Lipinski definition) is 4. The van der Waals surface area contributed by atoms with Crippen molar-refractivity contribution in [3.05, 3.63) is 52.5 Å². The molecule has 5 heteroatoms. The molecule has 0 radical (unpaired) electrons. The first-order valence-electron chi connectivity index (χ1n) is 5.88. The van der Waals surface area contributed by atoms with E-state index in [1.165, 1.54) is 20.3 Å². The van der Waals surface area contributed by atoms with E-state index in [0.29, 0.717) is 33.3 Å². The van der Waals surface area contributed by atoms with Crippen LogP contribution in [0.5, 0.6) is 11.5 Å². The van der Waals surface area contributed by atoms with Crippen molar-refractivity contribution in [2.75, 3.05) is 20.0 Å². The number of ketones is 1. The zero-order valence-electron chi connectivity index (χ0n) is 11.1. The summed E-state index contributed by atoms with van der Waals surface area (Å²) >= 11 is 5.94. The molecule has 0 saturated carbocycles. The third kappa shape index (κ3) is 2.70. The Kier molecular flexibility index (Phi) is 4.15. The van der Waals surface area contributed by atoms with Crippen molar-refractivity contribution < 1.29 is 14.3 Å². The maximum absolute atomic E-state index is 12.5. The summed E-state index contributed by atoms with van der Waals surface area (Å²) in [7, 11) is 3.05. The van der Waals surface area contributed by atoms with Gasteiger partial charge < -0.3 is 15.2 Å². The lowest BCUT2D eigenvalue weighted by Gasteiger charge is -2.10. The second-order valence-electron chi connectivity index (χ2n) is 4.13. The molecule has 0 amide bonds. The van der Waals surface area contributed by atoms with Gasteiger partial charge in [0.05, 0.1) is 30.5 Å². The summed E-state index contributed by atoms with van der Waals surface area (Å²) in [6.45, 7) is 0. The highest BCUT2D eigenvalue weighted by Gasteiger charge is 2.16. The van der Waals surface area contributed by atoms with Crippen LogP contribution < -0.4 is 15.2 Å². The second kappa shape index (κ2) is 5.84. The van der Waals surface area contributed by atoms with Crippen LogP contribution in [0.15, 0.2) is 36.4 Å². The Morgan fingerprint density at radius 2 is 1.85 bits per heavy atom. The van der Waals surface area contributed by atoms with Crippen molar-refractivity contribution in [3.63, 3.8) is 0 Å². The Morgan fingerprint density at radius 1 is 1.10 bits per heavy atom. The summed E-state index contributed by atoms with van der Waals surface area (Å²) in [5, 5.41) is 0.345. The minimum absolute atomic E-state index is 0.206. The average Bonchev–Trinajstić information content (AvgIpc) is 2.48. The van der Waals surface area contributed by atoms with Gasteiger partial charge in [-0.05, 0) is 36.4 Å². The highest BCUT2D eigenvalue weighted by Crippen LogP contribution is 2.28. The maximum atomic E-state index is 12.5. The summed E-state index contributed by atoms with van der Waals surface area (Å²) in [5.74, 6) is 0.849. The molecule has 0 bridgehead atoms. The van der Waals surface area contributed by atoms with Crippen LogP contribution >= 0.6 is 11.6 Å². The third-order valence-corrected chi connectivity index (χ3v) is 3.24. The predicted molar refractivity (Wildman–Crippen MR) is 78.8 cm³/mol. The smallest absolute Gasteiger partial charge is 0.196 e. The summed E-state index contributed by atoms with van der Waals surface area (Å²) in [6, 6.07) is 9.81. The van der Waals surface area contributed by atoms with Crippen molar-refractivity contribution in [1.29, 1.82) is 0 Å². The number of ether oxygens (including phenoxy) is 2. The molecule has 0 aliphatic heterocycles. The molecule has 0 saturated heterocycles. The zero-order valence-corrected chi connectivity index (χ0v) is 11.9. The molecule has 0 spiro atoms. The topological polar surface area (TPSA) is 61.5 Å². The molecule has 2 aromatic carbocycles. The van der Waals surface area contributed by atoms with Crippen LogP contribution in [0.4, 0.5) is 5.69 Å². The molecule has 104 valence electrons. The van der Waals surface area contributed by atoms with E-state index in [1.807, 2.05) is 0 Å². The molecule has 4 nitrogen and oxygen atoms in total. The van der Waals surface area contributed by atoms with Crippen LogP contribution in [0, 0.1) is 0 Å². The Labute approximate surface area is 122 Å². The van der Waals surface area contributed by atoms with Crippen molar-refractivity contribution in [2.45, 2.75) is 0 Å². The van der Waals surface area contributed by atoms with Gasteiger partial charge in [-0.25, -0.2) is 0 Å². The average molecular weight is 292 g/mol. The van der Waals surface area contributed by atoms with Gasteiger partial charge in [0.2, 0.25) is 0 Å². The Morgan fingerprint density at radius 3 is 2.45 bits per heavy atom. The third-order valence-electron chi connectivity index (χ3n) is 2.91. The van der Waals surface area contributed by atoms with E-state index in [0.717, 1.165) is 0 Å². The first kappa shape index (κ1) is 14.2. The van der Waals surface area contributed by atoms with E-state index in [2.05, 4.69) is 0 Å². The number of anilines is 1. The van der Waals surface area contributed by atoms with Gasteiger partial charge in [-0.3, -0.25) is 4.79 Å². The fourth-order valence-electron chi connectivity index (χ4n) is 1.82. The fourth-order valence-corrected chi connectivity index (χ4v) is 2.00. The largest absolute Gasteiger partial charge is 0.497 e. The highest BCUT2D eigenvalue weighted by atomic mass is 35.5. The van der Waals surface area contributed by atoms with Gasteiger partial charge in [-0.2, -0.15) is 0 Å². The number of nitrogens with two attached hydrogens (primary N) is 1. The van der Waals surface area contributed by atoms with Gasteiger partial charge in [0, 0.05) is 5.56 Å². The minimum Gasteiger partial charge on any atom is -0.497 e. The Bertz CT molecular complexity index is 656. The van der Waals surface area contributed by atoms with Crippen LogP contribution in [0.1, 0.15) is 15.9 Å². The number of rotatable bonds is 4. The highest BCUT2D eigenvalue weighted by molar-refractivity contribution is 6.33. The molecular formula is C15H14ClNO3. The van der Waals surface area contributed by atoms with E-state index in [1.54, 1.807) is 30.3 Å². The maximum Gasteiger partial charge on any atom is 0.196 e. The van der Waals surface area contributed by atoms with E-state index in [4.69, 9.17) is 26.8 Å². The molecule has 0 aliphatic carbocycles. The van der Waals surface area contributed by atoms with Crippen LogP contribution in [-0.2, 0) is 0 Å². The summed E-state index contributed by atoms with van der Waals surface area (Å²) in [5.41, 5.74) is 6.92. The Balaban J connectivity index is 2.48. The summed E-state index contributed by atoms with van der Waals surface area (Å²) in [4.78, 5) is 12.5. The summed E-state index contributed by atoms with van der Waals surface area (Å²) < 4.78 is 10.3. The minimum atomic E-state index is -0.206. The predicted octanol–water partition coefficient (Wildman–Crippen LogP) is 3.17. The monoisotopic (exact) mass is 291 g/mol. The normalized spacial score (nSPS) is 10.2. The second-order valence-corrected chi connectivity index (χ2v) is 4.54.